The highest BCUT2D eigenvalue weighted by Crippen LogP contribution is 2.41. The molecule has 0 aromatic heterocycles. The maximum Gasteiger partial charge on any atom is 0.306 e. The molecular formula is C25H31NO4S. The van der Waals surface area contributed by atoms with Crippen LogP contribution in [0.4, 0.5) is 0 Å². The van der Waals surface area contributed by atoms with Gasteiger partial charge in [-0.2, -0.15) is 0 Å². The third-order valence-electron chi connectivity index (χ3n) is 6.09. The van der Waals surface area contributed by atoms with Gasteiger partial charge in [-0.3, -0.25) is 4.79 Å². The van der Waals surface area contributed by atoms with Crippen molar-refractivity contribution in [2.24, 2.45) is 5.92 Å². The van der Waals surface area contributed by atoms with Gasteiger partial charge in [0.25, 0.3) is 0 Å². The number of carbonyl (C=O) groups excluding carboxylic acids is 1. The Morgan fingerprint density at radius 2 is 1.90 bits per heavy atom. The molecule has 166 valence electrons. The minimum absolute atomic E-state index is 0.133. The summed E-state index contributed by atoms with van der Waals surface area (Å²) in [6.07, 6.45) is 3.43. The SMILES string of the molecule is CCOC(=O)CC1CCCC(N[C@@H](C)c2ccccc2)C1c1ccc(S(=O)#CO)cc1. The van der Waals surface area contributed by atoms with E-state index in [4.69, 9.17) is 9.84 Å². The summed E-state index contributed by atoms with van der Waals surface area (Å²) in [4.78, 5) is 12.8. The molecule has 3 rings (SSSR count). The third-order valence-corrected chi connectivity index (χ3v) is 6.96. The number of esters is 1. The lowest BCUT2D eigenvalue weighted by atomic mass is 9.70. The van der Waals surface area contributed by atoms with Gasteiger partial charge in [-0.1, -0.05) is 48.9 Å². The topological polar surface area (TPSA) is 75.6 Å². The summed E-state index contributed by atoms with van der Waals surface area (Å²) >= 11 is 0. The van der Waals surface area contributed by atoms with E-state index >= 15 is 0 Å². The molecule has 6 heteroatoms. The van der Waals surface area contributed by atoms with Crippen molar-refractivity contribution in [1.29, 1.82) is 0 Å². The van der Waals surface area contributed by atoms with Crippen LogP contribution < -0.4 is 5.32 Å². The lowest BCUT2D eigenvalue weighted by Crippen LogP contribution is -2.43. The van der Waals surface area contributed by atoms with E-state index in [1.54, 1.807) is 17.5 Å². The molecule has 5 nitrogen and oxygen atoms in total. The summed E-state index contributed by atoms with van der Waals surface area (Å²) in [5, 5.41) is 14.5. The van der Waals surface area contributed by atoms with Crippen LogP contribution in [0.3, 0.4) is 0 Å². The van der Waals surface area contributed by atoms with Crippen LogP contribution >= 0.6 is 0 Å². The van der Waals surface area contributed by atoms with Gasteiger partial charge in [-0.05, 0) is 55.9 Å². The highest BCUT2D eigenvalue weighted by atomic mass is 32.2. The van der Waals surface area contributed by atoms with E-state index in [-0.39, 0.29) is 29.9 Å². The van der Waals surface area contributed by atoms with Crippen molar-refractivity contribution in [3.8, 4) is 5.37 Å². The van der Waals surface area contributed by atoms with Crippen LogP contribution in [0.5, 0.6) is 0 Å². The van der Waals surface area contributed by atoms with Crippen LogP contribution in [0.2, 0.25) is 0 Å². The maximum absolute atomic E-state index is 12.3. The van der Waals surface area contributed by atoms with Crippen LogP contribution in [-0.2, 0) is 19.7 Å². The summed E-state index contributed by atoms with van der Waals surface area (Å²) < 4.78 is 17.1. The summed E-state index contributed by atoms with van der Waals surface area (Å²) in [5.74, 6) is 0.144. The number of hydrogen-bond acceptors (Lipinski definition) is 5. The number of rotatable bonds is 7. The Balaban J connectivity index is 1.88. The molecule has 0 spiro atoms. The van der Waals surface area contributed by atoms with Gasteiger partial charge in [-0.15, -0.1) is 0 Å². The first-order chi connectivity index (χ1) is 15.0. The second-order valence-electron chi connectivity index (χ2n) is 8.06. The van der Waals surface area contributed by atoms with E-state index in [2.05, 4.69) is 24.4 Å². The zero-order valence-electron chi connectivity index (χ0n) is 18.1. The van der Waals surface area contributed by atoms with Crippen molar-refractivity contribution in [3.63, 3.8) is 0 Å². The molecule has 0 saturated heterocycles. The van der Waals surface area contributed by atoms with E-state index in [0.29, 0.717) is 17.9 Å². The largest absolute Gasteiger partial charge is 0.466 e. The second kappa shape index (κ2) is 11.3. The predicted molar refractivity (Wildman–Crippen MR) is 122 cm³/mol. The van der Waals surface area contributed by atoms with Crippen molar-refractivity contribution in [2.45, 2.75) is 62.4 Å². The quantitative estimate of drug-likeness (QED) is 0.612. The minimum Gasteiger partial charge on any atom is -0.466 e. The molecule has 2 aromatic rings. The fraction of sp³-hybridized carbons (Fsp3) is 0.440. The van der Waals surface area contributed by atoms with Gasteiger partial charge in [0.2, 0.25) is 0 Å². The Hall–Kier alpha value is -2.37. The summed E-state index contributed by atoms with van der Waals surface area (Å²) in [6.45, 7) is 4.38. The Kier molecular flexibility index (Phi) is 8.50. The second-order valence-corrected chi connectivity index (χ2v) is 9.25. The molecule has 2 N–H and O–H groups in total. The molecule has 2 aromatic carbocycles. The van der Waals surface area contributed by atoms with Crippen molar-refractivity contribution in [1.82, 2.24) is 5.32 Å². The van der Waals surface area contributed by atoms with Gasteiger partial charge in [0.15, 0.2) is 0 Å². The first-order valence-electron chi connectivity index (χ1n) is 10.9. The first-order valence-corrected chi connectivity index (χ1v) is 12.1. The molecule has 0 bridgehead atoms. The van der Waals surface area contributed by atoms with Crippen molar-refractivity contribution in [3.05, 3.63) is 65.7 Å². The smallest absolute Gasteiger partial charge is 0.306 e. The van der Waals surface area contributed by atoms with Gasteiger partial charge in [0.1, 0.15) is 0 Å². The molecule has 4 atom stereocenters. The lowest BCUT2D eigenvalue weighted by molar-refractivity contribution is -0.144. The molecule has 0 heterocycles. The molecule has 31 heavy (non-hydrogen) atoms. The van der Waals surface area contributed by atoms with E-state index in [1.165, 1.54) is 5.56 Å². The van der Waals surface area contributed by atoms with Crippen molar-refractivity contribution in [2.75, 3.05) is 6.61 Å². The molecule has 0 aliphatic heterocycles. The van der Waals surface area contributed by atoms with Crippen LogP contribution in [0.15, 0.2) is 59.5 Å². The van der Waals surface area contributed by atoms with Crippen LogP contribution in [-0.4, -0.2) is 27.9 Å². The summed E-state index contributed by atoms with van der Waals surface area (Å²) in [6, 6.07) is 18.2. The van der Waals surface area contributed by atoms with E-state index in [1.807, 2.05) is 37.3 Å². The van der Waals surface area contributed by atoms with E-state index in [9.17, 15) is 9.00 Å². The highest BCUT2D eigenvalue weighted by molar-refractivity contribution is 7.74. The fourth-order valence-electron chi connectivity index (χ4n) is 4.67. The molecule has 0 radical (unpaired) electrons. The fourth-order valence-corrected chi connectivity index (χ4v) is 5.16. The van der Waals surface area contributed by atoms with Crippen LogP contribution in [0.1, 0.15) is 62.6 Å². The number of carbonyl (C=O) groups is 1. The lowest BCUT2D eigenvalue weighted by Gasteiger charge is -2.40. The van der Waals surface area contributed by atoms with Crippen molar-refractivity contribution < 1.29 is 18.8 Å². The number of hydrogen-bond donors (Lipinski definition) is 2. The molecule has 1 fully saturated rings. The average molecular weight is 442 g/mol. The van der Waals surface area contributed by atoms with Gasteiger partial charge < -0.3 is 15.2 Å². The Morgan fingerprint density at radius 1 is 1.19 bits per heavy atom. The normalized spacial score (nSPS) is 21.7. The minimum atomic E-state index is -1.65. The first kappa shape index (κ1) is 23.3. The zero-order valence-corrected chi connectivity index (χ0v) is 18.9. The average Bonchev–Trinajstić information content (AvgIpc) is 2.79. The monoisotopic (exact) mass is 441 g/mol. The Labute approximate surface area is 186 Å². The molecule has 1 aliphatic rings. The third kappa shape index (κ3) is 6.08. The van der Waals surface area contributed by atoms with Gasteiger partial charge in [0, 0.05) is 24.4 Å². The molecule has 3 unspecified atom stereocenters. The number of nitrogens with one attached hydrogen (secondary N) is 1. The summed E-state index contributed by atoms with van der Waals surface area (Å²) in [7, 11) is -1.65. The van der Waals surface area contributed by atoms with Gasteiger partial charge in [0.05, 0.1) is 27.1 Å². The molecule has 0 amide bonds. The van der Waals surface area contributed by atoms with Gasteiger partial charge in [-0.25, -0.2) is 4.21 Å². The number of ether oxygens (including phenoxy) is 1. The van der Waals surface area contributed by atoms with E-state index < -0.39 is 10.2 Å². The van der Waals surface area contributed by atoms with Crippen LogP contribution in [0.25, 0.3) is 0 Å². The summed E-state index contributed by atoms with van der Waals surface area (Å²) in [5.41, 5.74) is 2.33. The molecular weight excluding hydrogens is 410 g/mol. The predicted octanol–water partition coefficient (Wildman–Crippen LogP) is 4.64. The Bertz CT molecular complexity index is 998. The molecule has 1 aliphatic carbocycles. The highest BCUT2D eigenvalue weighted by Gasteiger charge is 2.36. The van der Waals surface area contributed by atoms with Crippen LogP contribution in [0, 0.1) is 11.3 Å². The zero-order chi connectivity index (χ0) is 22.2. The van der Waals surface area contributed by atoms with Gasteiger partial charge >= 0.3 is 5.97 Å². The number of aliphatic hydroxyl groups is 1. The Morgan fingerprint density at radius 3 is 2.55 bits per heavy atom. The number of aliphatic hydroxyl groups excluding tert-OH is 1. The number of benzene rings is 2. The van der Waals surface area contributed by atoms with Crippen molar-refractivity contribution >= 4 is 16.2 Å². The standard InChI is InChI=1S/C25H31NO4S/c1-3-30-24(28)16-21-10-7-11-23(26-18(2)19-8-5-4-6-9-19)25(21)20-12-14-22(15-13-20)31(29)17-27/h4-6,8-9,12-15,18,21,23,25-27H,3,7,10-11,16H2,1-2H3/t18-,21?,23?,25?/m0/s1. The maximum atomic E-state index is 12.3. The van der Waals surface area contributed by atoms with E-state index in [0.717, 1.165) is 24.8 Å². The molecule has 1 saturated carbocycles.